The van der Waals surface area contributed by atoms with Gasteiger partial charge in [-0.2, -0.15) is 8.42 Å². The van der Waals surface area contributed by atoms with Crippen LogP contribution in [0.1, 0.15) is 17.5 Å². The summed E-state index contributed by atoms with van der Waals surface area (Å²) in [4.78, 5) is 18.1. The Balaban J connectivity index is 1.70. The third kappa shape index (κ3) is 5.90. The van der Waals surface area contributed by atoms with Crippen LogP contribution in [0.3, 0.4) is 0 Å². The molecule has 1 aromatic carbocycles. The Morgan fingerprint density at radius 1 is 1.25 bits per heavy atom. The van der Waals surface area contributed by atoms with Crippen molar-refractivity contribution in [2.75, 3.05) is 12.8 Å². The zero-order valence-corrected chi connectivity index (χ0v) is 16.3. The monoisotopic (exact) mass is 402 g/mol. The lowest BCUT2D eigenvalue weighted by atomic mass is 10.1. The molecule has 2 atom stereocenters. The van der Waals surface area contributed by atoms with Gasteiger partial charge in [-0.1, -0.05) is 48.6 Å². The van der Waals surface area contributed by atoms with Gasteiger partial charge in [0.05, 0.1) is 24.9 Å². The van der Waals surface area contributed by atoms with E-state index in [1.807, 2.05) is 54.6 Å². The first-order valence-corrected chi connectivity index (χ1v) is 10.7. The maximum atomic E-state index is 12.6. The molecule has 148 valence electrons. The molecule has 28 heavy (non-hydrogen) atoms. The minimum absolute atomic E-state index is 0.142. The fraction of sp³-hybridized carbons (Fsp3) is 0.300. The molecule has 2 heterocycles. The van der Waals surface area contributed by atoms with Crippen LogP contribution in [0.5, 0.6) is 0 Å². The van der Waals surface area contributed by atoms with Crippen LogP contribution in [0.15, 0.2) is 60.9 Å². The van der Waals surface area contributed by atoms with Gasteiger partial charge in [0.1, 0.15) is 6.61 Å². The second-order valence-electron chi connectivity index (χ2n) is 6.56. The van der Waals surface area contributed by atoms with Crippen molar-refractivity contribution in [2.45, 2.75) is 25.2 Å². The van der Waals surface area contributed by atoms with Crippen molar-refractivity contribution < 1.29 is 22.1 Å². The van der Waals surface area contributed by atoms with Crippen LogP contribution in [0.4, 0.5) is 4.79 Å². The lowest BCUT2D eigenvalue weighted by Crippen LogP contribution is -2.35. The van der Waals surface area contributed by atoms with Gasteiger partial charge in [0.25, 0.3) is 10.1 Å². The summed E-state index contributed by atoms with van der Waals surface area (Å²) in [6, 6.07) is 12.7. The number of hydrogen-bond acceptors (Lipinski definition) is 6. The van der Waals surface area contributed by atoms with Gasteiger partial charge in [-0.15, -0.1) is 0 Å². The van der Waals surface area contributed by atoms with Crippen molar-refractivity contribution in [1.29, 1.82) is 0 Å². The minimum Gasteiger partial charge on any atom is -0.445 e. The average molecular weight is 402 g/mol. The predicted octanol–water partition coefficient (Wildman–Crippen LogP) is 2.85. The van der Waals surface area contributed by atoms with Gasteiger partial charge >= 0.3 is 6.09 Å². The van der Waals surface area contributed by atoms with E-state index >= 15 is 0 Å². The lowest BCUT2D eigenvalue weighted by molar-refractivity contribution is 0.0938. The van der Waals surface area contributed by atoms with E-state index in [2.05, 4.69) is 4.98 Å². The van der Waals surface area contributed by atoms with E-state index in [0.29, 0.717) is 6.42 Å². The fourth-order valence-electron chi connectivity index (χ4n) is 3.03. The Bertz CT molecular complexity index is 916. The van der Waals surface area contributed by atoms with E-state index in [0.717, 1.165) is 17.4 Å². The molecule has 7 nitrogen and oxygen atoms in total. The highest BCUT2D eigenvalue weighted by Gasteiger charge is 2.37. The summed E-state index contributed by atoms with van der Waals surface area (Å²) in [7, 11) is -3.62. The number of amides is 1. The number of hydrogen-bond donors (Lipinski definition) is 0. The molecule has 2 unspecified atom stereocenters. The molecule has 1 amide bonds. The molecule has 1 fully saturated rings. The van der Waals surface area contributed by atoms with E-state index < -0.39 is 22.3 Å². The lowest BCUT2D eigenvalue weighted by Gasteiger charge is -2.21. The van der Waals surface area contributed by atoms with E-state index in [9.17, 15) is 13.2 Å². The van der Waals surface area contributed by atoms with Crippen LogP contribution < -0.4 is 0 Å². The van der Waals surface area contributed by atoms with Crippen LogP contribution in [0.25, 0.3) is 6.08 Å². The molecule has 0 saturated carbocycles. The van der Waals surface area contributed by atoms with E-state index in [1.165, 1.54) is 4.90 Å². The van der Waals surface area contributed by atoms with Gasteiger partial charge in [0, 0.05) is 18.8 Å². The van der Waals surface area contributed by atoms with Gasteiger partial charge in [0.2, 0.25) is 0 Å². The maximum absolute atomic E-state index is 12.6. The molecule has 0 spiro atoms. The van der Waals surface area contributed by atoms with Crippen LogP contribution >= 0.6 is 0 Å². The summed E-state index contributed by atoms with van der Waals surface area (Å²) >= 11 is 0. The third-order valence-electron chi connectivity index (χ3n) is 4.25. The number of nitrogens with zero attached hydrogens (tertiary/aromatic N) is 2. The Morgan fingerprint density at radius 3 is 2.71 bits per heavy atom. The van der Waals surface area contributed by atoms with Crippen LogP contribution in [0, 0.1) is 0 Å². The van der Waals surface area contributed by atoms with E-state index in [4.69, 9.17) is 8.92 Å². The number of ether oxygens (including phenoxy) is 1. The SMILES string of the molecule is CS(=O)(=O)OC1CC(C=Cc2cccnc2)N(C(=O)OCc2ccccc2)C1. The van der Waals surface area contributed by atoms with Gasteiger partial charge in [-0.05, 0) is 17.2 Å². The van der Waals surface area contributed by atoms with Crippen molar-refractivity contribution >= 4 is 22.3 Å². The zero-order valence-electron chi connectivity index (χ0n) is 15.5. The van der Waals surface area contributed by atoms with Crippen LogP contribution in [-0.4, -0.2) is 49.3 Å². The molecular weight excluding hydrogens is 380 g/mol. The summed E-state index contributed by atoms with van der Waals surface area (Å²) in [5, 5.41) is 0. The summed E-state index contributed by atoms with van der Waals surface area (Å²) in [6.45, 7) is 0.287. The normalized spacial score (nSPS) is 19.8. The molecule has 1 aromatic heterocycles. The molecule has 1 saturated heterocycles. The minimum atomic E-state index is -3.62. The van der Waals surface area contributed by atoms with Crippen molar-refractivity contribution in [3.63, 3.8) is 0 Å². The summed E-state index contributed by atoms with van der Waals surface area (Å²) < 4.78 is 33.5. The quantitative estimate of drug-likeness (QED) is 0.691. The second kappa shape index (κ2) is 8.99. The van der Waals surface area contributed by atoms with Gasteiger partial charge < -0.3 is 4.74 Å². The number of aromatic nitrogens is 1. The second-order valence-corrected chi connectivity index (χ2v) is 8.16. The van der Waals surface area contributed by atoms with Crippen molar-refractivity contribution in [3.8, 4) is 0 Å². The van der Waals surface area contributed by atoms with Crippen molar-refractivity contribution in [1.82, 2.24) is 9.88 Å². The van der Waals surface area contributed by atoms with Crippen molar-refractivity contribution in [2.24, 2.45) is 0 Å². The number of benzene rings is 1. The molecule has 2 aromatic rings. The fourth-order valence-corrected chi connectivity index (χ4v) is 3.67. The van der Waals surface area contributed by atoms with Crippen LogP contribution in [-0.2, 0) is 25.6 Å². The third-order valence-corrected chi connectivity index (χ3v) is 4.87. The largest absolute Gasteiger partial charge is 0.445 e. The highest BCUT2D eigenvalue weighted by atomic mass is 32.2. The molecule has 0 N–H and O–H groups in total. The van der Waals surface area contributed by atoms with Gasteiger partial charge in [-0.3, -0.25) is 14.1 Å². The standard InChI is InChI=1S/C20H22N2O5S/c1-28(24,25)27-19-12-18(10-9-16-8-5-11-21-13-16)22(14-19)20(23)26-15-17-6-3-2-4-7-17/h2-11,13,18-19H,12,14-15H2,1H3. The first-order valence-electron chi connectivity index (χ1n) is 8.84. The number of likely N-dealkylation sites (tertiary alicyclic amines) is 1. The number of rotatable bonds is 6. The molecule has 0 bridgehead atoms. The Morgan fingerprint density at radius 2 is 2.04 bits per heavy atom. The predicted molar refractivity (Wildman–Crippen MR) is 105 cm³/mol. The highest BCUT2D eigenvalue weighted by Crippen LogP contribution is 2.24. The van der Waals surface area contributed by atoms with Gasteiger partial charge in [-0.25, -0.2) is 4.79 Å². The molecular formula is C20H22N2O5S. The number of carbonyl (C=O) groups excluding carboxylic acids is 1. The van der Waals surface area contributed by atoms with Crippen molar-refractivity contribution in [3.05, 3.63) is 72.1 Å². The summed E-state index contributed by atoms with van der Waals surface area (Å²) in [6.07, 6.45) is 7.31. The summed E-state index contributed by atoms with van der Waals surface area (Å²) in [5.41, 5.74) is 1.76. The first kappa shape index (κ1) is 20.0. The van der Waals surface area contributed by atoms with E-state index in [-0.39, 0.29) is 19.2 Å². The molecule has 1 aliphatic rings. The van der Waals surface area contributed by atoms with Crippen LogP contribution in [0.2, 0.25) is 0 Å². The molecule has 1 aliphatic heterocycles. The smallest absolute Gasteiger partial charge is 0.410 e. The number of carbonyl (C=O) groups is 1. The Hall–Kier alpha value is -2.71. The molecule has 0 radical (unpaired) electrons. The molecule has 8 heteroatoms. The van der Waals surface area contributed by atoms with Gasteiger partial charge in [0.15, 0.2) is 0 Å². The highest BCUT2D eigenvalue weighted by molar-refractivity contribution is 7.86. The zero-order chi connectivity index (χ0) is 20.0. The first-order chi connectivity index (χ1) is 13.4. The topological polar surface area (TPSA) is 85.8 Å². The maximum Gasteiger partial charge on any atom is 0.410 e. The molecule has 3 rings (SSSR count). The Kier molecular flexibility index (Phi) is 6.43. The number of pyridine rings is 1. The summed E-state index contributed by atoms with van der Waals surface area (Å²) in [5.74, 6) is 0. The average Bonchev–Trinajstić information content (AvgIpc) is 3.07. The Labute approximate surface area is 164 Å². The molecule has 0 aliphatic carbocycles. The van der Waals surface area contributed by atoms with E-state index in [1.54, 1.807) is 12.4 Å².